The van der Waals surface area contributed by atoms with Gasteiger partial charge >= 0.3 is 0 Å². The van der Waals surface area contributed by atoms with Gasteiger partial charge in [-0.15, -0.1) is 0 Å². The van der Waals surface area contributed by atoms with E-state index in [1.807, 2.05) is 30.3 Å². The maximum atomic E-state index is 5.87. The van der Waals surface area contributed by atoms with Crippen molar-refractivity contribution < 1.29 is 9.47 Å². The van der Waals surface area contributed by atoms with Crippen LogP contribution in [0, 0.1) is 0 Å². The Labute approximate surface area is 181 Å². The minimum atomic E-state index is 0.687. The van der Waals surface area contributed by atoms with Crippen molar-refractivity contribution in [1.29, 1.82) is 0 Å². The first-order valence-corrected chi connectivity index (χ1v) is 11.1. The highest BCUT2D eigenvalue weighted by molar-refractivity contribution is 5.48. The van der Waals surface area contributed by atoms with Gasteiger partial charge in [0.2, 0.25) is 0 Å². The Balaban J connectivity index is 1.39. The summed E-state index contributed by atoms with van der Waals surface area (Å²) in [6.07, 6.45) is 5.80. The standard InChI is InChI=1S/C27H33NO2/c1-2-3-4-8-19-29-27-13-9-12-25(21-27)28-22-24-14-16-26(17-15-24)30-20-18-23-10-6-5-7-11-23/h5-7,9-17,21,28H,2-4,8,18-20,22H2,1H3. The molecule has 3 rings (SSSR count). The minimum Gasteiger partial charge on any atom is -0.494 e. The zero-order chi connectivity index (χ0) is 20.9. The number of nitrogens with one attached hydrogen (secondary N) is 1. The van der Waals surface area contributed by atoms with Gasteiger partial charge in [0.05, 0.1) is 13.2 Å². The van der Waals surface area contributed by atoms with Crippen LogP contribution in [0.5, 0.6) is 11.5 Å². The molecule has 0 heterocycles. The molecule has 158 valence electrons. The second-order valence-electron chi connectivity index (χ2n) is 7.52. The molecule has 3 nitrogen and oxygen atoms in total. The first-order valence-electron chi connectivity index (χ1n) is 11.1. The molecule has 3 aromatic carbocycles. The minimum absolute atomic E-state index is 0.687. The molecule has 0 amide bonds. The van der Waals surface area contributed by atoms with Crippen LogP contribution in [0.25, 0.3) is 0 Å². The Morgan fingerprint density at radius 1 is 0.667 bits per heavy atom. The van der Waals surface area contributed by atoms with Gasteiger partial charge < -0.3 is 14.8 Å². The lowest BCUT2D eigenvalue weighted by atomic mass is 10.2. The Bertz CT molecular complexity index is 846. The Hall–Kier alpha value is -2.94. The predicted octanol–water partition coefficient (Wildman–Crippen LogP) is 6.88. The van der Waals surface area contributed by atoms with E-state index in [-0.39, 0.29) is 0 Å². The van der Waals surface area contributed by atoms with Crippen LogP contribution in [0.3, 0.4) is 0 Å². The second-order valence-corrected chi connectivity index (χ2v) is 7.52. The molecule has 0 aliphatic carbocycles. The number of rotatable bonds is 13. The summed E-state index contributed by atoms with van der Waals surface area (Å²) in [6.45, 7) is 4.47. The molecule has 0 aliphatic rings. The quantitative estimate of drug-likeness (QED) is 0.316. The first-order chi connectivity index (χ1) is 14.8. The van der Waals surface area contributed by atoms with E-state index < -0.39 is 0 Å². The Kier molecular flexibility index (Phi) is 9.13. The van der Waals surface area contributed by atoms with Crippen molar-refractivity contribution in [3.05, 3.63) is 90.0 Å². The van der Waals surface area contributed by atoms with Gasteiger partial charge in [0, 0.05) is 24.7 Å². The molecule has 30 heavy (non-hydrogen) atoms. The number of hydrogen-bond donors (Lipinski definition) is 1. The van der Waals surface area contributed by atoms with E-state index >= 15 is 0 Å². The van der Waals surface area contributed by atoms with Crippen LogP contribution >= 0.6 is 0 Å². The van der Waals surface area contributed by atoms with Gasteiger partial charge in [0.15, 0.2) is 0 Å². The van der Waals surface area contributed by atoms with Crippen LogP contribution in [-0.4, -0.2) is 13.2 Å². The van der Waals surface area contributed by atoms with E-state index in [1.54, 1.807) is 0 Å². The number of anilines is 1. The highest BCUT2D eigenvalue weighted by Crippen LogP contribution is 2.19. The molecule has 0 fully saturated rings. The van der Waals surface area contributed by atoms with Crippen molar-refractivity contribution in [3.8, 4) is 11.5 Å². The van der Waals surface area contributed by atoms with Crippen LogP contribution in [-0.2, 0) is 13.0 Å². The fourth-order valence-corrected chi connectivity index (χ4v) is 3.25. The summed E-state index contributed by atoms with van der Waals surface area (Å²) in [5, 5.41) is 3.48. The maximum Gasteiger partial charge on any atom is 0.121 e. The van der Waals surface area contributed by atoms with E-state index in [4.69, 9.17) is 9.47 Å². The summed E-state index contributed by atoms with van der Waals surface area (Å²) >= 11 is 0. The van der Waals surface area contributed by atoms with Crippen LogP contribution in [0.2, 0.25) is 0 Å². The summed E-state index contributed by atoms with van der Waals surface area (Å²) < 4.78 is 11.7. The fraction of sp³-hybridized carbons (Fsp3) is 0.333. The van der Waals surface area contributed by atoms with Gasteiger partial charge in [0.1, 0.15) is 11.5 Å². The summed E-state index contributed by atoms with van der Waals surface area (Å²) in [5.74, 6) is 1.84. The molecular formula is C27H33NO2. The third kappa shape index (κ3) is 7.82. The molecule has 0 saturated carbocycles. The van der Waals surface area contributed by atoms with E-state index in [0.29, 0.717) is 6.61 Å². The van der Waals surface area contributed by atoms with Crippen molar-refractivity contribution in [2.75, 3.05) is 18.5 Å². The molecule has 0 atom stereocenters. The molecule has 0 bridgehead atoms. The van der Waals surface area contributed by atoms with Gasteiger partial charge in [-0.25, -0.2) is 0 Å². The van der Waals surface area contributed by atoms with Gasteiger partial charge in [-0.05, 0) is 41.8 Å². The van der Waals surface area contributed by atoms with Gasteiger partial charge in [-0.2, -0.15) is 0 Å². The monoisotopic (exact) mass is 403 g/mol. The number of ether oxygens (including phenoxy) is 2. The topological polar surface area (TPSA) is 30.5 Å². The highest BCUT2D eigenvalue weighted by Gasteiger charge is 2.00. The Morgan fingerprint density at radius 3 is 2.27 bits per heavy atom. The lowest BCUT2D eigenvalue weighted by Crippen LogP contribution is -2.02. The van der Waals surface area contributed by atoms with E-state index in [2.05, 4.69) is 60.8 Å². The van der Waals surface area contributed by atoms with Crippen molar-refractivity contribution in [2.45, 2.75) is 45.6 Å². The molecular weight excluding hydrogens is 370 g/mol. The zero-order valence-corrected chi connectivity index (χ0v) is 18.0. The average Bonchev–Trinajstić information content (AvgIpc) is 2.79. The molecule has 0 unspecified atom stereocenters. The molecule has 0 saturated heterocycles. The third-order valence-corrected chi connectivity index (χ3v) is 5.02. The molecule has 0 spiro atoms. The van der Waals surface area contributed by atoms with Crippen LogP contribution in [0.4, 0.5) is 5.69 Å². The largest absolute Gasteiger partial charge is 0.494 e. The van der Waals surface area contributed by atoms with Crippen molar-refractivity contribution >= 4 is 5.69 Å². The van der Waals surface area contributed by atoms with Crippen LogP contribution in [0.1, 0.15) is 43.7 Å². The van der Waals surface area contributed by atoms with Crippen molar-refractivity contribution in [2.24, 2.45) is 0 Å². The molecule has 1 N–H and O–H groups in total. The van der Waals surface area contributed by atoms with Gasteiger partial charge in [-0.1, -0.05) is 74.7 Å². The number of hydrogen-bond acceptors (Lipinski definition) is 3. The molecule has 0 radical (unpaired) electrons. The number of unbranched alkanes of at least 4 members (excludes halogenated alkanes) is 3. The molecule has 0 aliphatic heterocycles. The lowest BCUT2D eigenvalue weighted by Gasteiger charge is -2.11. The third-order valence-electron chi connectivity index (χ3n) is 5.02. The Morgan fingerprint density at radius 2 is 1.47 bits per heavy atom. The molecule has 3 heteroatoms. The number of benzene rings is 3. The van der Waals surface area contributed by atoms with E-state index in [1.165, 1.54) is 30.4 Å². The smallest absolute Gasteiger partial charge is 0.121 e. The summed E-state index contributed by atoms with van der Waals surface area (Å²) in [7, 11) is 0. The van der Waals surface area contributed by atoms with Crippen molar-refractivity contribution in [1.82, 2.24) is 0 Å². The summed E-state index contributed by atoms with van der Waals surface area (Å²) in [5.41, 5.74) is 3.59. The zero-order valence-electron chi connectivity index (χ0n) is 18.0. The van der Waals surface area contributed by atoms with Gasteiger partial charge in [-0.3, -0.25) is 0 Å². The average molecular weight is 404 g/mol. The molecule has 0 aromatic heterocycles. The highest BCUT2D eigenvalue weighted by atomic mass is 16.5. The summed E-state index contributed by atoms with van der Waals surface area (Å²) in [6, 6.07) is 26.9. The second kappa shape index (κ2) is 12.6. The fourth-order valence-electron chi connectivity index (χ4n) is 3.25. The van der Waals surface area contributed by atoms with E-state index in [0.717, 1.165) is 43.2 Å². The SMILES string of the molecule is CCCCCCOc1cccc(NCc2ccc(OCCc3ccccc3)cc2)c1. The van der Waals surface area contributed by atoms with Gasteiger partial charge in [0.25, 0.3) is 0 Å². The van der Waals surface area contributed by atoms with Crippen LogP contribution < -0.4 is 14.8 Å². The normalized spacial score (nSPS) is 10.6. The first kappa shape index (κ1) is 21.8. The van der Waals surface area contributed by atoms with Crippen molar-refractivity contribution in [3.63, 3.8) is 0 Å². The molecule has 3 aromatic rings. The van der Waals surface area contributed by atoms with Crippen LogP contribution in [0.15, 0.2) is 78.9 Å². The van der Waals surface area contributed by atoms with E-state index in [9.17, 15) is 0 Å². The maximum absolute atomic E-state index is 5.87. The summed E-state index contributed by atoms with van der Waals surface area (Å²) in [4.78, 5) is 0. The predicted molar refractivity (Wildman–Crippen MR) is 125 cm³/mol. The lowest BCUT2D eigenvalue weighted by molar-refractivity contribution is 0.305.